The number of pyridine rings is 1. The molecule has 2 N–H and O–H groups in total. The van der Waals surface area contributed by atoms with Gasteiger partial charge in [-0.2, -0.15) is 0 Å². The summed E-state index contributed by atoms with van der Waals surface area (Å²) in [5.41, 5.74) is 9.07. The second-order valence-electron chi connectivity index (χ2n) is 3.95. The maximum Gasteiger partial charge on any atom is 0.134 e. The molecular weight excluding hydrogens is 212 g/mol. The molecule has 0 aliphatic carbocycles. The van der Waals surface area contributed by atoms with E-state index in [0.29, 0.717) is 0 Å². The van der Waals surface area contributed by atoms with Crippen molar-refractivity contribution in [2.24, 2.45) is 5.73 Å². The van der Waals surface area contributed by atoms with Crippen LogP contribution in [0, 0.1) is 0 Å². The van der Waals surface area contributed by atoms with Crippen LogP contribution in [0.5, 0.6) is 0 Å². The van der Waals surface area contributed by atoms with Crippen LogP contribution >= 0.6 is 0 Å². The number of rotatable bonds is 2. The Hall–Kier alpha value is -2.13. The highest BCUT2D eigenvalue weighted by Crippen LogP contribution is 2.28. The van der Waals surface area contributed by atoms with Gasteiger partial charge < -0.3 is 10.2 Å². The second-order valence-corrected chi connectivity index (χ2v) is 3.95. The van der Waals surface area contributed by atoms with Crippen molar-refractivity contribution < 1.29 is 4.42 Å². The average Bonchev–Trinajstić information content (AvgIpc) is 2.83. The lowest BCUT2D eigenvalue weighted by molar-refractivity contribution is 0.607. The molecule has 0 radical (unpaired) electrons. The first-order valence-electron chi connectivity index (χ1n) is 5.48. The second kappa shape index (κ2) is 4.03. The van der Waals surface area contributed by atoms with Crippen molar-refractivity contribution >= 4 is 11.0 Å². The van der Waals surface area contributed by atoms with Gasteiger partial charge in [-0.05, 0) is 17.7 Å². The quantitative estimate of drug-likeness (QED) is 0.728. The van der Waals surface area contributed by atoms with Gasteiger partial charge in [0.05, 0.1) is 12.3 Å². The fourth-order valence-corrected chi connectivity index (χ4v) is 1.98. The number of furan rings is 1. The van der Waals surface area contributed by atoms with Gasteiger partial charge in [-0.25, -0.2) is 0 Å². The van der Waals surface area contributed by atoms with E-state index in [1.54, 1.807) is 18.7 Å². The molecule has 3 rings (SSSR count). The standard InChI is InChI=1S/C14H12N2O/c15-14(10-4-3-7-16-8-10)12-9-17-13-6-2-1-5-11(12)13/h1-9,14H,15H2. The molecule has 3 nitrogen and oxygen atoms in total. The van der Waals surface area contributed by atoms with Gasteiger partial charge in [-0.3, -0.25) is 4.98 Å². The normalized spacial score (nSPS) is 12.8. The first-order valence-corrected chi connectivity index (χ1v) is 5.48. The highest BCUT2D eigenvalue weighted by molar-refractivity contribution is 5.81. The average molecular weight is 224 g/mol. The molecule has 0 saturated carbocycles. The predicted molar refractivity (Wildman–Crippen MR) is 66.5 cm³/mol. The van der Waals surface area contributed by atoms with Gasteiger partial charge >= 0.3 is 0 Å². The molecule has 84 valence electrons. The lowest BCUT2D eigenvalue weighted by Gasteiger charge is -2.09. The number of hydrogen-bond donors (Lipinski definition) is 1. The molecule has 0 fully saturated rings. The van der Waals surface area contributed by atoms with Crippen molar-refractivity contribution in [1.82, 2.24) is 4.98 Å². The molecule has 3 heteroatoms. The van der Waals surface area contributed by atoms with Crippen LogP contribution in [0.2, 0.25) is 0 Å². The maximum atomic E-state index is 6.23. The third-order valence-corrected chi connectivity index (χ3v) is 2.89. The van der Waals surface area contributed by atoms with E-state index in [9.17, 15) is 0 Å². The fourth-order valence-electron chi connectivity index (χ4n) is 1.98. The summed E-state index contributed by atoms with van der Waals surface area (Å²) in [4.78, 5) is 4.09. The molecule has 3 aromatic rings. The van der Waals surface area contributed by atoms with Crippen molar-refractivity contribution in [3.05, 3.63) is 66.2 Å². The predicted octanol–water partition coefficient (Wildman–Crippen LogP) is 2.88. The Bertz CT molecular complexity index is 631. The SMILES string of the molecule is NC(c1cccnc1)c1coc2ccccc12. The molecule has 1 aromatic carbocycles. The molecule has 1 unspecified atom stereocenters. The monoisotopic (exact) mass is 224 g/mol. The van der Waals surface area contributed by atoms with Gasteiger partial charge in [0.15, 0.2) is 0 Å². The van der Waals surface area contributed by atoms with E-state index in [-0.39, 0.29) is 6.04 Å². The van der Waals surface area contributed by atoms with Crippen LogP contribution < -0.4 is 5.73 Å². The zero-order chi connectivity index (χ0) is 11.7. The Balaban J connectivity index is 2.10. The van der Waals surface area contributed by atoms with Gasteiger partial charge in [0, 0.05) is 23.3 Å². The molecule has 0 spiro atoms. The molecule has 0 amide bonds. The van der Waals surface area contributed by atoms with E-state index < -0.39 is 0 Å². The Morgan fingerprint density at radius 3 is 2.82 bits per heavy atom. The van der Waals surface area contributed by atoms with E-state index in [1.807, 2.05) is 36.4 Å². The lowest BCUT2D eigenvalue weighted by Crippen LogP contribution is -2.11. The molecule has 0 bridgehead atoms. The number of nitrogens with zero attached hydrogens (tertiary/aromatic N) is 1. The number of para-hydroxylation sites is 1. The van der Waals surface area contributed by atoms with Crippen molar-refractivity contribution in [3.63, 3.8) is 0 Å². The zero-order valence-electron chi connectivity index (χ0n) is 9.21. The number of benzene rings is 1. The van der Waals surface area contributed by atoms with Gasteiger partial charge in [0.25, 0.3) is 0 Å². The van der Waals surface area contributed by atoms with Crippen molar-refractivity contribution in [1.29, 1.82) is 0 Å². The van der Waals surface area contributed by atoms with Gasteiger partial charge in [-0.15, -0.1) is 0 Å². The smallest absolute Gasteiger partial charge is 0.134 e. The highest BCUT2D eigenvalue weighted by atomic mass is 16.3. The maximum absolute atomic E-state index is 6.23. The molecule has 1 atom stereocenters. The zero-order valence-corrected chi connectivity index (χ0v) is 9.21. The van der Waals surface area contributed by atoms with Crippen molar-refractivity contribution in [3.8, 4) is 0 Å². The summed E-state index contributed by atoms with van der Waals surface area (Å²) in [6.07, 6.45) is 5.25. The minimum atomic E-state index is -0.202. The minimum absolute atomic E-state index is 0.202. The molecule has 0 saturated heterocycles. The van der Waals surface area contributed by atoms with Crippen LogP contribution in [-0.4, -0.2) is 4.98 Å². The Kier molecular flexibility index (Phi) is 2.38. The summed E-state index contributed by atoms with van der Waals surface area (Å²) in [7, 11) is 0. The third-order valence-electron chi connectivity index (χ3n) is 2.89. The van der Waals surface area contributed by atoms with Gasteiger partial charge in [0.2, 0.25) is 0 Å². The summed E-state index contributed by atoms with van der Waals surface area (Å²) in [5.74, 6) is 0. The third kappa shape index (κ3) is 1.70. The van der Waals surface area contributed by atoms with Crippen LogP contribution in [0.4, 0.5) is 0 Å². The summed E-state index contributed by atoms with van der Waals surface area (Å²) < 4.78 is 5.49. The fraction of sp³-hybridized carbons (Fsp3) is 0.0714. The first kappa shape index (κ1) is 10.1. The number of fused-ring (bicyclic) bond motifs is 1. The molecular formula is C14H12N2O. The number of aromatic nitrogens is 1. The van der Waals surface area contributed by atoms with Gasteiger partial charge in [0.1, 0.15) is 5.58 Å². The van der Waals surface area contributed by atoms with Crippen LogP contribution in [-0.2, 0) is 0 Å². The van der Waals surface area contributed by atoms with Crippen molar-refractivity contribution in [2.45, 2.75) is 6.04 Å². The molecule has 2 aromatic heterocycles. The Morgan fingerprint density at radius 2 is 2.00 bits per heavy atom. The van der Waals surface area contributed by atoms with E-state index in [1.165, 1.54) is 0 Å². The molecule has 17 heavy (non-hydrogen) atoms. The lowest BCUT2D eigenvalue weighted by atomic mass is 10.0. The first-order chi connectivity index (χ1) is 8.36. The van der Waals surface area contributed by atoms with Crippen molar-refractivity contribution in [2.75, 3.05) is 0 Å². The van der Waals surface area contributed by atoms with E-state index in [4.69, 9.17) is 10.2 Å². The highest BCUT2D eigenvalue weighted by Gasteiger charge is 2.14. The minimum Gasteiger partial charge on any atom is -0.464 e. The molecule has 0 aliphatic rings. The Labute approximate surface area is 98.9 Å². The summed E-state index contributed by atoms with van der Waals surface area (Å²) in [6, 6.07) is 11.5. The topological polar surface area (TPSA) is 52.0 Å². The number of hydrogen-bond acceptors (Lipinski definition) is 3. The van der Waals surface area contributed by atoms with Crippen LogP contribution in [0.25, 0.3) is 11.0 Å². The van der Waals surface area contributed by atoms with Crippen LogP contribution in [0.3, 0.4) is 0 Å². The summed E-state index contributed by atoms with van der Waals surface area (Å²) >= 11 is 0. The molecule has 0 aliphatic heterocycles. The largest absolute Gasteiger partial charge is 0.464 e. The summed E-state index contributed by atoms with van der Waals surface area (Å²) in [6.45, 7) is 0. The summed E-state index contributed by atoms with van der Waals surface area (Å²) in [5, 5.41) is 1.06. The van der Waals surface area contributed by atoms with E-state index in [0.717, 1.165) is 22.1 Å². The Morgan fingerprint density at radius 1 is 1.12 bits per heavy atom. The van der Waals surface area contributed by atoms with Crippen LogP contribution in [0.15, 0.2) is 59.5 Å². The van der Waals surface area contributed by atoms with E-state index >= 15 is 0 Å². The van der Waals surface area contributed by atoms with Gasteiger partial charge in [-0.1, -0.05) is 24.3 Å². The number of nitrogens with two attached hydrogens (primary N) is 1. The van der Waals surface area contributed by atoms with E-state index in [2.05, 4.69) is 4.98 Å². The van der Waals surface area contributed by atoms with Crippen LogP contribution in [0.1, 0.15) is 17.2 Å². The molecule has 2 heterocycles.